The van der Waals surface area contributed by atoms with Gasteiger partial charge in [0.25, 0.3) is 11.8 Å². The molecule has 0 atom stereocenters. The van der Waals surface area contributed by atoms with E-state index in [-0.39, 0.29) is 23.4 Å². The molecular weight excluding hydrogens is 419 g/mol. The zero-order valence-corrected chi connectivity index (χ0v) is 18.8. The third-order valence-corrected chi connectivity index (χ3v) is 5.56. The number of ether oxygens (including phenoxy) is 1. The first-order valence-electron chi connectivity index (χ1n) is 10.8. The highest BCUT2D eigenvalue weighted by Gasteiger charge is 2.39. The second-order valence-corrected chi connectivity index (χ2v) is 7.94. The SMILES string of the molecule is CCOc1ccc(C2=C(Nc3cc(C)ccc3C)C(=O)N(Cc3ccccc3F)C2=O)cc1. The van der Waals surface area contributed by atoms with Crippen LogP contribution in [-0.4, -0.2) is 23.3 Å². The van der Waals surface area contributed by atoms with Crippen LogP contribution in [0.3, 0.4) is 0 Å². The Hall–Kier alpha value is -3.93. The average Bonchev–Trinajstić information content (AvgIpc) is 3.03. The standard InChI is InChI=1S/C27H25FN2O3/c1-4-33-21-13-11-19(12-14-21)24-25(29-23-15-17(2)9-10-18(23)3)27(32)30(26(24)31)16-20-7-5-6-8-22(20)28/h5-15,29H,4,16H2,1-3H3. The Kier molecular flexibility index (Phi) is 6.27. The number of amides is 2. The number of carbonyl (C=O) groups excluding carboxylic acids is 2. The molecule has 1 heterocycles. The van der Waals surface area contributed by atoms with Crippen LogP contribution >= 0.6 is 0 Å². The second-order valence-electron chi connectivity index (χ2n) is 7.94. The van der Waals surface area contributed by atoms with Crippen molar-refractivity contribution in [3.05, 3.63) is 100 Å². The normalized spacial score (nSPS) is 13.6. The number of hydrogen-bond acceptors (Lipinski definition) is 4. The minimum atomic E-state index is -0.493. The van der Waals surface area contributed by atoms with E-state index in [4.69, 9.17) is 4.74 Å². The summed E-state index contributed by atoms with van der Waals surface area (Å²) in [5.74, 6) is -0.754. The number of carbonyl (C=O) groups is 2. The van der Waals surface area contributed by atoms with E-state index in [0.29, 0.717) is 17.9 Å². The molecule has 33 heavy (non-hydrogen) atoms. The number of imide groups is 1. The highest BCUT2D eigenvalue weighted by Crippen LogP contribution is 2.33. The third-order valence-electron chi connectivity index (χ3n) is 5.56. The van der Waals surface area contributed by atoms with E-state index in [1.807, 2.05) is 39.0 Å². The lowest BCUT2D eigenvalue weighted by molar-refractivity contribution is -0.137. The lowest BCUT2D eigenvalue weighted by Crippen LogP contribution is -2.32. The van der Waals surface area contributed by atoms with E-state index >= 15 is 0 Å². The summed E-state index contributed by atoms with van der Waals surface area (Å²) >= 11 is 0. The molecule has 1 aliphatic rings. The molecule has 3 aromatic rings. The van der Waals surface area contributed by atoms with Crippen LogP contribution in [0.4, 0.5) is 10.1 Å². The molecule has 0 unspecified atom stereocenters. The first kappa shape index (κ1) is 22.3. The van der Waals surface area contributed by atoms with Crippen molar-refractivity contribution in [2.75, 3.05) is 11.9 Å². The van der Waals surface area contributed by atoms with Crippen molar-refractivity contribution in [1.29, 1.82) is 0 Å². The van der Waals surface area contributed by atoms with E-state index in [1.54, 1.807) is 42.5 Å². The predicted octanol–water partition coefficient (Wildman–Crippen LogP) is 5.23. The number of nitrogens with zero attached hydrogens (tertiary/aromatic N) is 1. The molecule has 1 N–H and O–H groups in total. The fraction of sp³-hybridized carbons (Fsp3) is 0.185. The molecule has 0 bridgehead atoms. The number of halogens is 1. The maximum absolute atomic E-state index is 14.3. The number of aryl methyl sites for hydroxylation is 2. The van der Waals surface area contributed by atoms with Gasteiger partial charge in [0.1, 0.15) is 17.3 Å². The average molecular weight is 445 g/mol. The van der Waals surface area contributed by atoms with Gasteiger partial charge < -0.3 is 10.1 Å². The Morgan fingerprint density at radius 1 is 0.939 bits per heavy atom. The maximum atomic E-state index is 14.3. The van der Waals surface area contributed by atoms with Crippen LogP contribution in [0.25, 0.3) is 5.57 Å². The van der Waals surface area contributed by atoms with Crippen LogP contribution in [0, 0.1) is 19.7 Å². The second kappa shape index (κ2) is 9.28. The number of rotatable bonds is 7. The summed E-state index contributed by atoms with van der Waals surface area (Å²) in [6.07, 6.45) is 0. The van der Waals surface area contributed by atoms with Crippen LogP contribution in [0.2, 0.25) is 0 Å². The Labute approximate surface area is 192 Å². The van der Waals surface area contributed by atoms with Crippen LogP contribution in [0.1, 0.15) is 29.2 Å². The molecule has 6 heteroatoms. The van der Waals surface area contributed by atoms with E-state index in [2.05, 4.69) is 5.32 Å². The molecule has 0 fully saturated rings. The van der Waals surface area contributed by atoms with Gasteiger partial charge >= 0.3 is 0 Å². The fourth-order valence-electron chi connectivity index (χ4n) is 3.79. The largest absolute Gasteiger partial charge is 0.494 e. The highest BCUT2D eigenvalue weighted by molar-refractivity contribution is 6.36. The van der Waals surface area contributed by atoms with Crippen molar-refractivity contribution < 1.29 is 18.7 Å². The minimum absolute atomic E-state index is 0.150. The van der Waals surface area contributed by atoms with Gasteiger partial charge in [0.05, 0.1) is 18.7 Å². The van der Waals surface area contributed by atoms with E-state index in [9.17, 15) is 14.0 Å². The molecule has 0 saturated carbocycles. The van der Waals surface area contributed by atoms with Crippen LogP contribution in [0.15, 0.2) is 72.4 Å². The topological polar surface area (TPSA) is 58.6 Å². The zero-order valence-electron chi connectivity index (χ0n) is 18.8. The van der Waals surface area contributed by atoms with Crippen molar-refractivity contribution in [3.8, 4) is 5.75 Å². The van der Waals surface area contributed by atoms with Gasteiger partial charge in [-0.3, -0.25) is 14.5 Å². The molecule has 0 spiro atoms. The third kappa shape index (κ3) is 4.51. The van der Waals surface area contributed by atoms with Crippen molar-refractivity contribution in [2.24, 2.45) is 0 Å². The van der Waals surface area contributed by atoms with Crippen LogP contribution < -0.4 is 10.1 Å². The summed E-state index contributed by atoms with van der Waals surface area (Å²) < 4.78 is 19.8. The summed E-state index contributed by atoms with van der Waals surface area (Å²) in [5, 5.41) is 3.19. The van der Waals surface area contributed by atoms with Crippen molar-refractivity contribution >= 4 is 23.1 Å². The maximum Gasteiger partial charge on any atom is 0.278 e. The number of benzene rings is 3. The van der Waals surface area contributed by atoms with Crippen molar-refractivity contribution in [1.82, 2.24) is 4.90 Å². The van der Waals surface area contributed by atoms with E-state index in [1.165, 1.54) is 6.07 Å². The quantitative estimate of drug-likeness (QED) is 0.507. The summed E-state index contributed by atoms with van der Waals surface area (Å²) in [6.45, 7) is 6.15. The number of nitrogens with one attached hydrogen (secondary N) is 1. The molecule has 0 saturated heterocycles. The molecule has 0 aromatic heterocycles. The van der Waals surface area contributed by atoms with Gasteiger partial charge in [-0.05, 0) is 61.7 Å². The number of anilines is 1. The minimum Gasteiger partial charge on any atom is -0.494 e. The summed E-state index contributed by atoms with van der Waals surface area (Å²) in [5.41, 5.74) is 3.98. The Bertz CT molecular complexity index is 1250. The summed E-state index contributed by atoms with van der Waals surface area (Å²) in [6, 6.07) is 19.0. The molecule has 2 amide bonds. The van der Waals surface area contributed by atoms with Gasteiger partial charge in [-0.25, -0.2) is 4.39 Å². The summed E-state index contributed by atoms with van der Waals surface area (Å²) in [7, 11) is 0. The monoisotopic (exact) mass is 444 g/mol. The predicted molar refractivity (Wildman–Crippen MR) is 126 cm³/mol. The zero-order chi connectivity index (χ0) is 23.5. The van der Waals surface area contributed by atoms with Gasteiger partial charge in [-0.1, -0.05) is 42.5 Å². The molecule has 3 aromatic carbocycles. The summed E-state index contributed by atoms with van der Waals surface area (Å²) in [4.78, 5) is 28.0. The lowest BCUT2D eigenvalue weighted by atomic mass is 10.0. The Balaban J connectivity index is 1.76. The van der Waals surface area contributed by atoms with E-state index in [0.717, 1.165) is 21.7 Å². The molecule has 4 rings (SSSR count). The molecule has 1 aliphatic heterocycles. The van der Waals surface area contributed by atoms with Gasteiger partial charge in [-0.2, -0.15) is 0 Å². The molecular formula is C27H25FN2O3. The smallest absolute Gasteiger partial charge is 0.278 e. The van der Waals surface area contributed by atoms with Crippen molar-refractivity contribution in [2.45, 2.75) is 27.3 Å². The van der Waals surface area contributed by atoms with Gasteiger partial charge in [0.2, 0.25) is 0 Å². The Morgan fingerprint density at radius 2 is 1.67 bits per heavy atom. The Morgan fingerprint density at radius 3 is 2.36 bits per heavy atom. The van der Waals surface area contributed by atoms with Crippen LogP contribution in [-0.2, 0) is 16.1 Å². The molecule has 0 aliphatic carbocycles. The van der Waals surface area contributed by atoms with Gasteiger partial charge in [0.15, 0.2) is 0 Å². The molecule has 5 nitrogen and oxygen atoms in total. The lowest BCUT2D eigenvalue weighted by Gasteiger charge is -2.16. The highest BCUT2D eigenvalue weighted by atomic mass is 19.1. The molecule has 0 radical (unpaired) electrons. The fourth-order valence-corrected chi connectivity index (χ4v) is 3.79. The van der Waals surface area contributed by atoms with E-state index < -0.39 is 17.6 Å². The van der Waals surface area contributed by atoms with Crippen LogP contribution in [0.5, 0.6) is 5.75 Å². The van der Waals surface area contributed by atoms with Gasteiger partial charge in [0, 0.05) is 11.3 Å². The first-order valence-corrected chi connectivity index (χ1v) is 10.8. The van der Waals surface area contributed by atoms with Gasteiger partial charge in [-0.15, -0.1) is 0 Å². The number of hydrogen-bond donors (Lipinski definition) is 1. The van der Waals surface area contributed by atoms with Crippen molar-refractivity contribution in [3.63, 3.8) is 0 Å². The first-order chi connectivity index (χ1) is 15.9. The molecule has 168 valence electrons.